The zero-order valence-electron chi connectivity index (χ0n) is 18.7. The Labute approximate surface area is 199 Å². The number of aromatic amines is 1. The molecule has 0 radical (unpaired) electrons. The van der Waals surface area contributed by atoms with E-state index in [-0.39, 0.29) is 11.3 Å². The van der Waals surface area contributed by atoms with Crippen molar-refractivity contribution in [2.24, 2.45) is 0 Å². The molecule has 2 aliphatic rings. The van der Waals surface area contributed by atoms with E-state index in [1.54, 1.807) is 29.2 Å². The Morgan fingerprint density at radius 1 is 1.00 bits per heavy atom. The van der Waals surface area contributed by atoms with Gasteiger partial charge in [-0.2, -0.15) is 0 Å². The number of rotatable bonds is 3. The molecule has 3 aromatic carbocycles. The van der Waals surface area contributed by atoms with E-state index in [0.717, 1.165) is 33.8 Å². The standard InChI is InChI=1S/C28H20F2N2O3/c1-14(33)24-27(34)23-13-21-20-4-2-3-5-22(20)31-25(21)26(32(23)28(24)35)16-8-6-15(7-9-16)17-10-18(29)12-19(30)11-17/h2-12,23,26,31,34H,13H2,1H3/t23-,26+/m0/s1. The summed E-state index contributed by atoms with van der Waals surface area (Å²) in [6.45, 7) is 1.28. The molecule has 2 aliphatic heterocycles. The van der Waals surface area contributed by atoms with E-state index in [1.165, 1.54) is 19.1 Å². The Balaban J connectivity index is 1.51. The van der Waals surface area contributed by atoms with Gasteiger partial charge in [0.05, 0.1) is 12.1 Å². The lowest BCUT2D eigenvalue weighted by Gasteiger charge is -2.38. The number of nitrogens with zero attached hydrogens (tertiary/aromatic N) is 1. The van der Waals surface area contributed by atoms with Gasteiger partial charge in [-0.25, -0.2) is 8.78 Å². The summed E-state index contributed by atoms with van der Waals surface area (Å²) in [5.74, 6) is -2.51. The van der Waals surface area contributed by atoms with Gasteiger partial charge in [0.15, 0.2) is 5.78 Å². The van der Waals surface area contributed by atoms with E-state index < -0.39 is 35.4 Å². The van der Waals surface area contributed by atoms with E-state index >= 15 is 0 Å². The summed E-state index contributed by atoms with van der Waals surface area (Å²) < 4.78 is 27.5. The average Bonchev–Trinajstić information content (AvgIpc) is 3.32. The van der Waals surface area contributed by atoms with Gasteiger partial charge in [-0.05, 0) is 47.4 Å². The number of hydrogen-bond acceptors (Lipinski definition) is 3. The fourth-order valence-corrected chi connectivity index (χ4v) is 5.41. The Kier molecular flexibility index (Phi) is 4.64. The number of carbonyl (C=O) groups is 2. The Morgan fingerprint density at radius 2 is 1.69 bits per heavy atom. The molecular weight excluding hydrogens is 450 g/mol. The number of ketones is 1. The van der Waals surface area contributed by atoms with Crippen LogP contribution in [0.2, 0.25) is 0 Å². The van der Waals surface area contributed by atoms with Crippen molar-refractivity contribution < 1.29 is 23.5 Å². The Morgan fingerprint density at radius 3 is 2.37 bits per heavy atom. The molecule has 0 spiro atoms. The van der Waals surface area contributed by atoms with Crippen LogP contribution in [0.1, 0.15) is 29.8 Å². The van der Waals surface area contributed by atoms with Crippen molar-refractivity contribution in [2.45, 2.75) is 25.4 Å². The number of nitrogens with one attached hydrogen (secondary N) is 1. The van der Waals surface area contributed by atoms with Crippen molar-refractivity contribution in [3.8, 4) is 11.1 Å². The average molecular weight is 470 g/mol. The second kappa shape index (κ2) is 7.63. The molecule has 2 N–H and O–H groups in total. The third-order valence-corrected chi connectivity index (χ3v) is 6.93. The van der Waals surface area contributed by atoms with E-state index in [2.05, 4.69) is 4.98 Å². The molecule has 174 valence electrons. The van der Waals surface area contributed by atoms with Crippen molar-refractivity contribution >= 4 is 22.6 Å². The topological polar surface area (TPSA) is 73.4 Å². The van der Waals surface area contributed by atoms with Crippen LogP contribution in [0.25, 0.3) is 22.0 Å². The molecule has 1 amide bonds. The minimum absolute atomic E-state index is 0.179. The molecule has 0 bridgehead atoms. The molecule has 6 rings (SSSR count). The van der Waals surface area contributed by atoms with Crippen LogP contribution in [-0.4, -0.2) is 32.7 Å². The number of H-pyrrole nitrogens is 1. The number of aliphatic hydroxyl groups is 1. The van der Waals surface area contributed by atoms with E-state index in [4.69, 9.17) is 0 Å². The number of fused-ring (bicyclic) bond motifs is 4. The summed E-state index contributed by atoms with van der Waals surface area (Å²) in [5.41, 5.74) is 4.30. The number of aromatic nitrogens is 1. The van der Waals surface area contributed by atoms with Crippen LogP contribution in [0, 0.1) is 11.6 Å². The first-order valence-electron chi connectivity index (χ1n) is 11.3. The zero-order valence-corrected chi connectivity index (χ0v) is 18.7. The zero-order chi connectivity index (χ0) is 24.4. The van der Waals surface area contributed by atoms with E-state index in [9.17, 15) is 23.5 Å². The predicted octanol–water partition coefficient (Wildman–Crippen LogP) is 5.37. The summed E-state index contributed by atoms with van der Waals surface area (Å²) in [6, 6.07) is 17.0. The van der Waals surface area contributed by atoms with Crippen molar-refractivity contribution in [1.82, 2.24) is 9.88 Å². The van der Waals surface area contributed by atoms with Gasteiger partial charge < -0.3 is 15.0 Å². The summed E-state index contributed by atoms with van der Waals surface area (Å²) in [5, 5.41) is 11.9. The smallest absolute Gasteiger partial charge is 0.262 e. The van der Waals surface area contributed by atoms with Crippen LogP contribution in [0.15, 0.2) is 78.1 Å². The Bertz CT molecular complexity index is 1550. The van der Waals surface area contributed by atoms with E-state index in [0.29, 0.717) is 17.5 Å². The summed E-state index contributed by atoms with van der Waals surface area (Å²) in [7, 11) is 0. The number of halogens is 2. The number of amides is 1. The SMILES string of the molecule is CC(=O)C1=C(O)[C@@H]2Cc3c([nH]c4ccccc34)[C@@H](c3ccc(-c4cc(F)cc(F)c4)cc3)N2C1=O. The second-order valence-corrected chi connectivity index (χ2v) is 8.99. The van der Waals surface area contributed by atoms with Crippen LogP contribution < -0.4 is 0 Å². The van der Waals surface area contributed by atoms with Crippen LogP contribution in [0.4, 0.5) is 8.78 Å². The molecule has 1 aromatic heterocycles. The summed E-state index contributed by atoms with van der Waals surface area (Å²) in [4.78, 5) is 30.5. The predicted molar refractivity (Wildman–Crippen MR) is 127 cm³/mol. The number of Topliss-reactive ketones (excluding diaryl/α,β-unsaturated/α-hetero) is 1. The first-order valence-corrected chi connectivity index (χ1v) is 11.3. The number of aliphatic hydroxyl groups excluding tert-OH is 1. The molecule has 5 nitrogen and oxygen atoms in total. The molecule has 2 atom stereocenters. The van der Waals surface area contributed by atoms with Gasteiger partial charge in [0.1, 0.15) is 23.0 Å². The lowest BCUT2D eigenvalue weighted by molar-refractivity contribution is -0.131. The number of benzene rings is 3. The maximum atomic E-state index is 13.7. The van der Waals surface area contributed by atoms with Gasteiger partial charge in [-0.15, -0.1) is 0 Å². The van der Waals surface area contributed by atoms with Gasteiger partial charge in [-0.3, -0.25) is 9.59 Å². The highest BCUT2D eigenvalue weighted by Crippen LogP contribution is 2.46. The highest BCUT2D eigenvalue weighted by atomic mass is 19.1. The molecule has 0 unspecified atom stereocenters. The van der Waals surface area contributed by atoms with Crippen molar-refractivity contribution in [2.75, 3.05) is 0 Å². The van der Waals surface area contributed by atoms with Crippen LogP contribution in [0.3, 0.4) is 0 Å². The number of carbonyl (C=O) groups excluding carboxylic acids is 2. The number of para-hydroxylation sites is 1. The molecule has 0 aliphatic carbocycles. The van der Waals surface area contributed by atoms with Crippen LogP contribution in [0.5, 0.6) is 0 Å². The molecule has 3 heterocycles. The fraction of sp³-hybridized carbons (Fsp3) is 0.143. The lowest BCUT2D eigenvalue weighted by atomic mass is 9.88. The lowest BCUT2D eigenvalue weighted by Crippen LogP contribution is -2.44. The second-order valence-electron chi connectivity index (χ2n) is 8.99. The summed E-state index contributed by atoms with van der Waals surface area (Å²) >= 11 is 0. The third-order valence-electron chi connectivity index (χ3n) is 6.93. The highest BCUT2D eigenvalue weighted by Gasteiger charge is 2.49. The first kappa shape index (κ1) is 21.3. The molecule has 0 saturated heterocycles. The van der Waals surface area contributed by atoms with E-state index in [1.807, 2.05) is 24.3 Å². The summed E-state index contributed by atoms with van der Waals surface area (Å²) in [6.07, 6.45) is 0.380. The van der Waals surface area contributed by atoms with Gasteiger partial charge in [-0.1, -0.05) is 42.5 Å². The van der Waals surface area contributed by atoms with Crippen LogP contribution in [-0.2, 0) is 16.0 Å². The van der Waals surface area contributed by atoms with Gasteiger partial charge in [0, 0.05) is 29.1 Å². The van der Waals surface area contributed by atoms with Crippen molar-refractivity contribution in [3.63, 3.8) is 0 Å². The maximum Gasteiger partial charge on any atom is 0.262 e. The maximum absolute atomic E-state index is 13.7. The monoisotopic (exact) mass is 470 g/mol. The third kappa shape index (κ3) is 3.19. The number of hydrogen-bond donors (Lipinski definition) is 2. The molecular formula is C28H20F2N2O3. The first-order chi connectivity index (χ1) is 16.8. The molecule has 4 aromatic rings. The van der Waals surface area contributed by atoms with Gasteiger partial charge in [0.2, 0.25) is 0 Å². The highest BCUT2D eigenvalue weighted by molar-refractivity contribution is 6.21. The minimum Gasteiger partial charge on any atom is -0.509 e. The van der Waals surface area contributed by atoms with Gasteiger partial charge >= 0.3 is 0 Å². The van der Waals surface area contributed by atoms with Crippen LogP contribution >= 0.6 is 0 Å². The largest absolute Gasteiger partial charge is 0.509 e. The van der Waals surface area contributed by atoms with Crippen molar-refractivity contribution in [3.05, 3.63) is 107 Å². The normalized spacial score (nSPS) is 19.3. The Hall–Kier alpha value is -4.26. The molecule has 7 heteroatoms. The quantitative estimate of drug-likeness (QED) is 0.396. The fourth-order valence-electron chi connectivity index (χ4n) is 5.41. The van der Waals surface area contributed by atoms with Gasteiger partial charge in [0.25, 0.3) is 5.91 Å². The molecule has 35 heavy (non-hydrogen) atoms. The van der Waals surface area contributed by atoms with Crippen molar-refractivity contribution in [1.29, 1.82) is 0 Å². The molecule has 0 fully saturated rings. The molecule has 0 saturated carbocycles. The minimum atomic E-state index is -0.664.